The third kappa shape index (κ3) is 3.58. The summed E-state index contributed by atoms with van der Waals surface area (Å²) < 4.78 is 0. The lowest BCUT2D eigenvalue weighted by Gasteiger charge is -2.20. The number of nitrogen functional groups attached to an aromatic ring is 1. The molecule has 1 saturated carbocycles. The molecule has 104 valence electrons. The Labute approximate surface area is 117 Å². The average Bonchev–Trinajstić information content (AvgIpc) is 2.91. The zero-order valence-corrected chi connectivity index (χ0v) is 11.7. The molecule has 0 bridgehead atoms. The summed E-state index contributed by atoms with van der Waals surface area (Å²) in [5.74, 6) is 6.10. The fourth-order valence-corrected chi connectivity index (χ4v) is 2.78. The number of nitrogens with two attached hydrogens (primary N) is 1. The molecule has 5 nitrogen and oxygen atoms in total. The quantitative estimate of drug-likeness (QED) is 0.450. The standard InChI is InChI=1S/C13H19ClN4O/c1-8(9-4-2-3-5-9)16-13(19)10-6-11(14)17-12(7-10)18-15/h6-9H,2-5,15H2,1H3,(H,16,19)(H,17,18). The van der Waals surface area contributed by atoms with Crippen molar-refractivity contribution < 1.29 is 4.79 Å². The number of amides is 1. The number of nitrogens with one attached hydrogen (secondary N) is 2. The number of hydrogen-bond acceptors (Lipinski definition) is 4. The van der Waals surface area contributed by atoms with Gasteiger partial charge in [-0.2, -0.15) is 0 Å². The number of aromatic nitrogens is 1. The van der Waals surface area contributed by atoms with Gasteiger partial charge < -0.3 is 10.7 Å². The third-order valence-corrected chi connectivity index (χ3v) is 3.86. The molecule has 0 aromatic carbocycles. The monoisotopic (exact) mass is 282 g/mol. The molecule has 1 aliphatic carbocycles. The fourth-order valence-electron chi connectivity index (χ4n) is 2.57. The highest BCUT2D eigenvalue weighted by Crippen LogP contribution is 2.27. The van der Waals surface area contributed by atoms with Gasteiger partial charge in [0.05, 0.1) is 0 Å². The maximum atomic E-state index is 12.2. The molecule has 6 heteroatoms. The van der Waals surface area contributed by atoms with Crippen LogP contribution in [0.25, 0.3) is 0 Å². The highest BCUT2D eigenvalue weighted by atomic mass is 35.5. The maximum Gasteiger partial charge on any atom is 0.251 e. The molecule has 0 radical (unpaired) electrons. The van der Waals surface area contributed by atoms with Gasteiger partial charge in [0.15, 0.2) is 0 Å². The molecule has 1 unspecified atom stereocenters. The summed E-state index contributed by atoms with van der Waals surface area (Å²) in [7, 11) is 0. The van der Waals surface area contributed by atoms with E-state index in [0.717, 1.165) is 0 Å². The number of carbonyl (C=O) groups is 1. The second-order valence-corrected chi connectivity index (χ2v) is 5.40. The number of hydrogen-bond donors (Lipinski definition) is 3. The van der Waals surface area contributed by atoms with Crippen LogP contribution >= 0.6 is 11.6 Å². The molecule has 0 spiro atoms. The lowest BCUT2D eigenvalue weighted by molar-refractivity contribution is 0.0927. The Morgan fingerprint density at radius 3 is 2.79 bits per heavy atom. The first-order chi connectivity index (χ1) is 9.10. The first kappa shape index (κ1) is 14.1. The van der Waals surface area contributed by atoms with Gasteiger partial charge in [0.25, 0.3) is 5.91 Å². The van der Waals surface area contributed by atoms with Gasteiger partial charge in [0, 0.05) is 11.6 Å². The van der Waals surface area contributed by atoms with E-state index in [2.05, 4.69) is 22.7 Å². The van der Waals surface area contributed by atoms with E-state index in [4.69, 9.17) is 17.4 Å². The average molecular weight is 283 g/mol. The molecule has 1 fully saturated rings. The normalized spacial score (nSPS) is 17.2. The first-order valence-corrected chi connectivity index (χ1v) is 6.93. The van der Waals surface area contributed by atoms with Crippen LogP contribution in [0.4, 0.5) is 5.82 Å². The molecule has 19 heavy (non-hydrogen) atoms. The minimum absolute atomic E-state index is 0.139. The minimum Gasteiger partial charge on any atom is -0.349 e. The van der Waals surface area contributed by atoms with Crippen molar-refractivity contribution in [1.29, 1.82) is 0 Å². The number of nitrogens with zero attached hydrogens (tertiary/aromatic N) is 1. The lowest BCUT2D eigenvalue weighted by Crippen LogP contribution is -2.37. The predicted octanol–water partition coefficient (Wildman–Crippen LogP) is 2.33. The van der Waals surface area contributed by atoms with Gasteiger partial charge >= 0.3 is 0 Å². The van der Waals surface area contributed by atoms with E-state index >= 15 is 0 Å². The molecule has 1 heterocycles. The first-order valence-electron chi connectivity index (χ1n) is 6.55. The molecule has 4 N–H and O–H groups in total. The van der Waals surface area contributed by atoms with Crippen LogP contribution < -0.4 is 16.6 Å². The number of anilines is 1. The highest BCUT2D eigenvalue weighted by molar-refractivity contribution is 6.29. The van der Waals surface area contributed by atoms with Gasteiger partial charge in [0.2, 0.25) is 0 Å². The van der Waals surface area contributed by atoms with Crippen LogP contribution in [0.15, 0.2) is 12.1 Å². The van der Waals surface area contributed by atoms with Crippen molar-refractivity contribution in [2.75, 3.05) is 5.43 Å². The van der Waals surface area contributed by atoms with Crippen LogP contribution in [0.3, 0.4) is 0 Å². The fraction of sp³-hybridized carbons (Fsp3) is 0.538. The van der Waals surface area contributed by atoms with E-state index in [9.17, 15) is 4.79 Å². The minimum atomic E-state index is -0.139. The zero-order chi connectivity index (χ0) is 13.8. The summed E-state index contributed by atoms with van der Waals surface area (Å²) in [6, 6.07) is 3.30. The van der Waals surface area contributed by atoms with Crippen LogP contribution in [0.2, 0.25) is 5.15 Å². The predicted molar refractivity (Wildman–Crippen MR) is 75.9 cm³/mol. The third-order valence-electron chi connectivity index (χ3n) is 3.67. The van der Waals surface area contributed by atoms with Gasteiger partial charge in [-0.05, 0) is 37.8 Å². The Balaban J connectivity index is 2.04. The lowest BCUT2D eigenvalue weighted by atomic mass is 9.99. The van der Waals surface area contributed by atoms with E-state index in [-0.39, 0.29) is 17.1 Å². The Morgan fingerprint density at radius 1 is 1.47 bits per heavy atom. The van der Waals surface area contributed by atoms with Crippen molar-refractivity contribution in [3.8, 4) is 0 Å². The summed E-state index contributed by atoms with van der Waals surface area (Å²) >= 11 is 5.85. The molecule has 1 aromatic heterocycles. The molecule has 1 aromatic rings. The van der Waals surface area contributed by atoms with Crippen LogP contribution in [0.1, 0.15) is 43.0 Å². The summed E-state index contributed by atoms with van der Waals surface area (Å²) in [5, 5.41) is 3.27. The zero-order valence-electron chi connectivity index (χ0n) is 10.9. The summed E-state index contributed by atoms with van der Waals surface area (Å²) in [4.78, 5) is 16.1. The second kappa shape index (κ2) is 6.21. The number of carbonyl (C=O) groups excluding carboxylic acids is 1. The molecule has 0 aliphatic heterocycles. The number of halogens is 1. The smallest absolute Gasteiger partial charge is 0.251 e. The Morgan fingerprint density at radius 2 is 2.16 bits per heavy atom. The topological polar surface area (TPSA) is 80.0 Å². The van der Waals surface area contributed by atoms with E-state index in [1.54, 1.807) is 12.1 Å². The highest BCUT2D eigenvalue weighted by Gasteiger charge is 2.23. The van der Waals surface area contributed by atoms with Gasteiger partial charge in [-0.15, -0.1) is 0 Å². The van der Waals surface area contributed by atoms with Crippen LogP contribution in [-0.4, -0.2) is 16.9 Å². The van der Waals surface area contributed by atoms with Gasteiger partial charge in [-0.1, -0.05) is 24.4 Å². The molecule has 2 rings (SSSR count). The van der Waals surface area contributed by atoms with Crippen LogP contribution in [-0.2, 0) is 0 Å². The van der Waals surface area contributed by atoms with E-state index in [0.29, 0.717) is 17.3 Å². The molecular formula is C13H19ClN4O. The Kier molecular flexibility index (Phi) is 4.61. The number of rotatable bonds is 4. The SMILES string of the molecule is CC(NC(=O)c1cc(Cl)nc(NN)c1)C1CCCC1. The maximum absolute atomic E-state index is 12.2. The van der Waals surface area contributed by atoms with Crippen molar-refractivity contribution in [2.24, 2.45) is 11.8 Å². The number of pyridine rings is 1. The molecule has 1 atom stereocenters. The molecular weight excluding hydrogens is 264 g/mol. The van der Waals surface area contributed by atoms with Crippen molar-refractivity contribution >= 4 is 23.3 Å². The molecule has 1 aliphatic rings. The van der Waals surface area contributed by atoms with Gasteiger partial charge in [0.1, 0.15) is 11.0 Å². The van der Waals surface area contributed by atoms with Crippen LogP contribution in [0, 0.1) is 5.92 Å². The summed E-state index contributed by atoms with van der Waals surface area (Å²) in [6.07, 6.45) is 4.89. The van der Waals surface area contributed by atoms with Crippen LogP contribution in [0.5, 0.6) is 0 Å². The Bertz CT molecular complexity index is 460. The van der Waals surface area contributed by atoms with Crippen molar-refractivity contribution in [3.63, 3.8) is 0 Å². The summed E-state index contributed by atoms with van der Waals surface area (Å²) in [5.41, 5.74) is 2.87. The van der Waals surface area contributed by atoms with E-state index in [1.807, 2.05) is 0 Å². The molecule has 0 saturated heterocycles. The summed E-state index contributed by atoms with van der Waals surface area (Å²) in [6.45, 7) is 2.05. The van der Waals surface area contributed by atoms with Crippen molar-refractivity contribution in [1.82, 2.24) is 10.3 Å². The van der Waals surface area contributed by atoms with Crippen molar-refractivity contribution in [2.45, 2.75) is 38.6 Å². The van der Waals surface area contributed by atoms with E-state index in [1.165, 1.54) is 25.7 Å². The molecule has 1 amide bonds. The van der Waals surface area contributed by atoms with E-state index < -0.39 is 0 Å². The Hall–Kier alpha value is -1.33. The number of hydrazine groups is 1. The van der Waals surface area contributed by atoms with Gasteiger partial charge in [-0.3, -0.25) is 4.79 Å². The largest absolute Gasteiger partial charge is 0.349 e. The van der Waals surface area contributed by atoms with Gasteiger partial charge in [-0.25, -0.2) is 10.8 Å². The second-order valence-electron chi connectivity index (χ2n) is 5.01. The van der Waals surface area contributed by atoms with Crippen molar-refractivity contribution in [3.05, 3.63) is 22.8 Å².